The first-order valence-electron chi connectivity index (χ1n) is 12.5. The number of halogens is 1. The highest BCUT2D eigenvalue weighted by Crippen LogP contribution is 2.41. The number of carbonyl (C=O) groups excluding carboxylic acids is 1. The number of ether oxygens (including phenoxy) is 1. The van der Waals surface area contributed by atoms with Crippen LogP contribution < -0.4 is 5.32 Å². The van der Waals surface area contributed by atoms with Gasteiger partial charge in [0.05, 0.1) is 30.0 Å². The summed E-state index contributed by atoms with van der Waals surface area (Å²) in [4.78, 5) is 21.7. The van der Waals surface area contributed by atoms with Crippen LogP contribution in [0.15, 0.2) is 49.1 Å². The number of hydrogen-bond acceptors (Lipinski definition) is 6. The van der Waals surface area contributed by atoms with E-state index in [2.05, 4.69) is 15.3 Å². The summed E-state index contributed by atoms with van der Waals surface area (Å²) >= 11 is 6.27. The summed E-state index contributed by atoms with van der Waals surface area (Å²) in [5.74, 6) is 0. The Labute approximate surface area is 223 Å². The smallest absolute Gasteiger partial charge is 0.410 e. The van der Waals surface area contributed by atoms with Gasteiger partial charge in [0, 0.05) is 50.9 Å². The van der Waals surface area contributed by atoms with E-state index in [1.165, 1.54) is 0 Å². The molecular formula is C28H34ClN5O3. The Morgan fingerprint density at radius 2 is 2.00 bits per heavy atom. The summed E-state index contributed by atoms with van der Waals surface area (Å²) < 4.78 is 6.88. The first-order chi connectivity index (χ1) is 17.7. The highest BCUT2D eigenvalue weighted by atomic mass is 35.5. The molecule has 0 bridgehead atoms. The number of nitrogens with zero attached hydrogens (tertiary/aromatic N) is 4. The molecule has 3 aromatic rings. The highest BCUT2D eigenvalue weighted by molar-refractivity contribution is 6.30. The third kappa shape index (κ3) is 6.21. The van der Waals surface area contributed by atoms with Crippen LogP contribution in [0.5, 0.6) is 0 Å². The number of nitrogens with one attached hydrogen (secondary N) is 1. The molecule has 2 N–H and O–H groups in total. The van der Waals surface area contributed by atoms with E-state index in [0.29, 0.717) is 11.4 Å². The van der Waals surface area contributed by atoms with Crippen molar-refractivity contribution in [2.24, 2.45) is 7.05 Å². The molecule has 3 heterocycles. The monoisotopic (exact) mass is 523 g/mol. The minimum Gasteiger partial charge on any atom is -0.447 e. The van der Waals surface area contributed by atoms with E-state index < -0.39 is 5.60 Å². The van der Waals surface area contributed by atoms with Gasteiger partial charge >= 0.3 is 6.09 Å². The molecule has 1 fully saturated rings. The molecular weight excluding hydrogens is 490 g/mol. The maximum absolute atomic E-state index is 11.5. The SMILES string of the molecule is CC(C)OC(=O)N1CCNCC1.Cn1cncc1C(C)(O)C1=Cc2cccnc2Cc2ccc(Cl)cc21. The molecule has 1 saturated heterocycles. The molecule has 0 saturated carbocycles. The summed E-state index contributed by atoms with van der Waals surface area (Å²) in [5, 5.41) is 15.3. The van der Waals surface area contributed by atoms with Crippen molar-refractivity contribution in [3.05, 3.63) is 82.2 Å². The average Bonchev–Trinajstić information content (AvgIpc) is 3.24. The largest absolute Gasteiger partial charge is 0.447 e. The lowest BCUT2D eigenvalue weighted by Gasteiger charge is -2.28. The molecule has 9 heteroatoms. The van der Waals surface area contributed by atoms with Crippen LogP contribution in [0.1, 0.15) is 48.8 Å². The molecule has 1 aromatic carbocycles. The van der Waals surface area contributed by atoms with Gasteiger partial charge in [0.25, 0.3) is 0 Å². The van der Waals surface area contributed by atoms with Gasteiger partial charge < -0.3 is 24.6 Å². The zero-order valence-corrected chi connectivity index (χ0v) is 22.5. The van der Waals surface area contributed by atoms with Crippen LogP contribution in [0.4, 0.5) is 4.79 Å². The van der Waals surface area contributed by atoms with E-state index in [4.69, 9.17) is 16.3 Å². The average molecular weight is 524 g/mol. The van der Waals surface area contributed by atoms with Crippen molar-refractivity contribution in [3.63, 3.8) is 0 Å². The molecule has 1 atom stereocenters. The van der Waals surface area contributed by atoms with Gasteiger partial charge in [-0.2, -0.15) is 0 Å². The van der Waals surface area contributed by atoms with E-state index in [0.717, 1.165) is 59.8 Å². The lowest BCUT2D eigenvalue weighted by Crippen LogP contribution is -2.47. The van der Waals surface area contributed by atoms with Crippen molar-refractivity contribution < 1.29 is 14.6 Å². The fourth-order valence-electron chi connectivity index (χ4n) is 4.59. The van der Waals surface area contributed by atoms with Crippen LogP contribution in [0, 0.1) is 0 Å². The fourth-order valence-corrected chi connectivity index (χ4v) is 4.76. The number of carbonyl (C=O) groups is 1. The van der Waals surface area contributed by atoms with Gasteiger partial charge in [-0.1, -0.05) is 23.7 Å². The minimum absolute atomic E-state index is 0.0209. The number of pyridine rings is 1. The van der Waals surface area contributed by atoms with Crippen LogP contribution in [-0.2, 0) is 23.8 Å². The van der Waals surface area contributed by atoms with E-state index in [-0.39, 0.29) is 12.2 Å². The predicted octanol–water partition coefficient (Wildman–Crippen LogP) is 4.26. The van der Waals surface area contributed by atoms with Gasteiger partial charge in [-0.25, -0.2) is 9.78 Å². The quantitative estimate of drug-likeness (QED) is 0.533. The number of hydrogen-bond donors (Lipinski definition) is 2. The number of aryl methyl sites for hydroxylation is 1. The standard InChI is InChI=1S/C20H18ClN3O.C8H16N2O2/c1-20(25,19-11-22-12-24(19)2)17-8-14-4-3-7-23-18(14)9-13-5-6-15(21)10-16(13)17;1-7(2)12-8(11)10-5-3-9-4-6-10/h3-8,10-12,25H,9H2,1-2H3;7,9H,3-6H2,1-2H3. The normalized spacial score (nSPS) is 16.4. The third-order valence-electron chi connectivity index (χ3n) is 6.50. The zero-order valence-electron chi connectivity index (χ0n) is 21.7. The summed E-state index contributed by atoms with van der Waals surface area (Å²) in [6.45, 7) is 8.76. The molecule has 2 aliphatic rings. The van der Waals surface area contributed by atoms with Crippen LogP contribution in [0.25, 0.3) is 11.6 Å². The van der Waals surface area contributed by atoms with E-state index in [1.807, 2.05) is 61.9 Å². The molecule has 0 radical (unpaired) electrons. The Balaban J connectivity index is 0.000000225. The number of aromatic nitrogens is 3. The summed E-state index contributed by atoms with van der Waals surface area (Å²) in [6.07, 6.45) is 7.68. The van der Waals surface area contributed by atoms with Gasteiger partial charge in [-0.05, 0) is 67.3 Å². The minimum atomic E-state index is -1.22. The van der Waals surface area contributed by atoms with Crippen LogP contribution >= 0.6 is 11.6 Å². The van der Waals surface area contributed by atoms with Gasteiger partial charge in [-0.3, -0.25) is 4.98 Å². The number of fused-ring (bicyclic) bond motifs is 2. The van der Waals surface area contributed by atoms with Crippen LogP contribution in [0.3, 0.4) is 0 Å². The molecule has 0 spiro atoms. The Bertz CT molecular complexity index is 1280. The van der Waals surface area contributed by atoms with Crippen molar-refractivity contribution in [3.8, 4) is 0 Å². The summed E-state index contributed by atoms with van der Waals surface area (Å²) in [6, 6.07) is 9.74. The van der Waals surface area contributed by atoms with Gasteiger partial charge in [0.2, 0.25) is 0 Å². The van der Waals surface area contributed by atoms with Gasteiger partial charge in [0.15, 0.2) is 0 Å². The molecule has 5 rings (SSSR count). The van der Waals surface area contributed by atoms with Crippen LogP contribution in [0.2, 0.25) is 5.02 Å². The summed E-state index contributed by atoms with van der Waals surface area (Å²) in [7, 11) is 1.88. The Morgan fingerprint density at radius 1 is 1.24 bits per heavy atom. The first kappa shape index (κ1) is 26.9. The Morgan fingerprint density at radius 3 is 2.68 bits per heavy atom. The zero-order chi connectivity index (χ0) is 26.6. The van der Waals surface area contributed by atoms with Crippen molar-refractivity contribution in [1.82, 2.24) is 24.8 Å². The second-order valence-corrected chi connectivity index (χ2v) is 10.1. The molecule has 8 nitrogen and oxygen atoms in total. The Kier molecular flexibility index (Phi) is 8.32. The summed E-state index contributed by atoms with van der Waals surface area (Å²) in [5.41, 5.74) is 4.32. The molecule has 37 heavy (non-hydrogen) atoms. The highest BCUT2D eigenvalue weighted by Gasteiger charge is 2.34. The van der Waals surface area contributed by atoms with E-state index >= 15 is 0 Å². The first-order valence-corrected chi connectivity index (χ1v) is 12.8. The van der Waals surface area contributed by atoms with Crippen molar-refractivity contribution in [2.45, 2.75) is 38.9 Å². The number of piperazine rings is 1. The molecule has 196 valence electrons. The molecule has 1 aliphatic heterocycles. The number of amides is 1. The van der Waals surface area contributed by atoms with Gasteiger partial charge in [-0.15, -0.1) is 0 Å². The molecule has 1 amide bonds. The second kappa shape index (κ2) is 11.5. The van der Waals surface area contributed by atoms with E-state index in [1.54, 1.807) is 30.5 Å². The topological polar surface area (TPSA) is 92.5 Å². The maximum Gasteiger partial charge on any atom is 0.410 e. The van der Waals surface area contributed by atoms with Gasteiger partial charge in [0.1, 0.15) is 5.60 Å². The van der Waals surface area contributed by atoms with Crippen molar-refractivity contribution in [1.29, 1.82) is 0 Å². The second-order valence-electron chi connectivity index (χ2n) is 9.71. The van der Waals surface area contributed by atoms with Crippen molar-refractivity contribution in [2.75, 3.05) is 26.2 Å². The molecule has 1 unspecified atom stereocenters. The third-order valence-corrected chi connectivity index (χ3v) is 6.73. The number of benzene rings is 1. The number of rotatable bonds is 3. The number of aliphatic hydroxyl groups is 1. The molecule has 2 aromatic heterocycles. The lowest BCUT2D eigenvalue weighted by atomic mass is 9.84. The van der Waals surface area contributed by atoms with E-state index in [9.17, 15) is 9.90 Å². The van der Waals surface area contributed by atoms with Crippen LogP contribution in [-0.4, -0.2) is 62.9 Å². The predicted molar refractivity (Wildman–Crippen MR) is 145 cm³/mol. The van der Waals surface area contributed by atoms with Crippen molar-refractivity contribution >= 4 is 29.3 Å². The fraction of sp³-hybridized carbons (Fsp3) is 0.393. The molecule has 1 aliphatic carbocycles. The lowest BCUT2D eigenvalue weighted by molar-refractivity contribution is 0.0732. The number of imidazole rings is 1. The Hall–Kier alpha value is -3.20. The maximum atomic E-state index is 11.5.